The molecule has 0 amide bonds. The number of hydrogen-bond donors (Lipinski definition) is 0. The van der Waals surface area contributed by atoms with Crippen molar-refractivity contribution in [2.24, 2.45) is 0 Å². The molecule has 4 aromatic carbocycles. The Morgan fingerprint density at radius 3 is 1.12 bits per heavy atom. The van der Waals surface area contributed by atoms with Gasteiger partial charge in [-0.3, -0.25) is 0 Å². The van der Waals surface area contributed by atoms with E-state index in [4.69, 9.17) is 9.47 Å². The van der Waals surface area contributed by atoms with Gasteiger partial charge in [-0.25, -0.2) is 0 Å². The van der Waals surface area contributed by atoms with Gasteiger partial charge in [0.2, 0.25) is 0 Å². The largest absolute Gasteiger partial charge is 0.497 e. The Bertz CT molecular complexity index is 1090. The molecule has 0 saturated carbocycles. The molecular weight excluding hydrogens is 392 g/mol. The highest BCUT2D eigenvalue weighted by molar-refractivity contribution is 5.78. The predicted octanol–water partition coefficient (Wildman–Crippen LogP) is 7.83. The fourth-order valence-electron chi connectivity index (χ4n) is 4.22. The van der Waals surface area contributed by atoms with E-state index in [1.165, 1.54) is 44.5 Å². The van der Waals surface area contributed by atoms with Crippen LogP contribution in [0.1, 0.15) is 25.0 Å². The molecule has 0 unspecified atom stereocenters. The standard InChI is InChI=1S/C30H30O2/c1-5-21-19-25(23-7-13-27(31-3)14-8-23)11-17-29(21)30-18-12-26(20-22(30)6-2)24-9-15-28(32-4)16-10-24/h7-20H,5-6H2,1-4H3. The van der Waals surface area contributed by atoms with Crippen molar-refractivity contribution in [3.8, 4) is 44.9 Å². The second-order valence-electron chi connectivity index (χ2n) is 7.91. The summed E-state index contributed by atoms with van der Waals surface area (Å²) >= 11 is 0. The van der Waals surface area contributed by atoms with E-state index in [0.717, 1.165) is 24.3 Å². The number of rotatable bonds is 7. The second kappa shape index (κ2) is 9.74. The minimum atomic E-state index is 0.880. The number of hydrogen-bond acceptors (Lipinski definition) is 2. The zero-order chi connectivity index (χ0) is 22.5. The lowest BCUT2D eigenvalue weighted by atomic mass is 9.89. The van der Waals surface area contributed by atoms with Gasteiger partial charge in [0.15, 0.2) is 0 Å². The predicted molar refractivity (Wildman–Crippen MR) is 135 cm³/mol. The van der Waals surface area contributed by atoms with Crippen molar-refractivity contribution in [3.63, 3.8) is 0 Å². The van der Waals surface area contributed by atoms with Crippen molar-refractivity contribution in [1.29, 1.82) is 0 Å². The smallest absolute Gasteiger partial charge is 0.118 e. The Kier molecular flexibility index (Phi) is 6.61. The summed E-state index contributed by atoms with van der Waals surface area (Å²) < 4.78 is 10.6. The molecule has 0 heterocycles. The average molecular weight is 423 g/mol. The van der Waals surface area contributed by atoms with Gasteiger partial charge in [-0.1, -0.05) is 74.5 Å². The first-order valence-electron chi connectivity index (χ1n) is 11.2. The molecule has 2 nitrogen and oxygen atoms in total. The van der Waals surface area contributed by atoms with E-state index in [1.807, 2.05) is 24.3 Å². The fourth-order valence-corrected chi connectivity index (χ4v) is 4.22. The Balaban J connectivity index is 1.71. The van der Waals surface area contributed by atoms with Crippen molar-refractivity contribution < 1.29 is 9.47 Å². The molecule has 0 aliphatic carbocycles. The lowest BCUT2D eigenvalue weighted by molar-refractivity contribution is 0.415. The van der Waals surface area contributed by atoms with E-state index in [0.29, 0.717) is 0 Å². The quantitative estimate of drug-likeness (QED) is 0.302. The van der Waals surface area contributed by atoms with Gasteiger partial charge in [-0.15, -0.1) is 0 Å². The maximum atomic E-state index is 5.30. The summed E-state index contributed by atoms with van der Waals surface area (Å²) in [5.41, 5.74) is 10.3. The molecule has 2 heteroatoms. The summed E-state index contributed by atoms with van der Waals surface area (Å²) in [7, 11) is 3.40. The zero-order valence-corrected chi connectivity index (χ0v) is 19.3. The molecule has 32 heavy (non-hydrogen) atoms. The first-order chi connectivity index (χ1) is 15.7. The Morgan fingerprint density at radius 1 is 0.469 bits per heavy atom. The molecule has 0 aliphatic heterocycles. The van der Waals surface area contributed by atoms with Gasteiger partial charge in [-0.05, 0) is 81.6 Å². The van der Waals surface area contributed by atoms with Crippen LogP contribution in [0.4, 0.5) is 0 Å². The Hall–Kier alpha value is -3.52. The first kappa shape index (κ1) is 21.7. The monoisotopic (exact) mass is 422 g/mol. The number of aryl methyl sites for hydroxylation is 2. The SMILES string of the molecule is CCc1cc(-c2ccc(OC)cc2)ccc1-c1ccc(-c2ccc(OC)cc2)cc1CC. The summed E-state index contributed by atoms with van der Waals surface area (Å²) in [5, 5.41) is 0. The summed E-state index contributed by atoms with van der Waals surface area (Å²) in [6.45, 7) is 4.46. The molecule has 0 aliphatic rings. The maximum absolute atomic E-state index is 5.30. The van der Waals surface area contributed by atoms with E-state index in [2.05, 4.69) is 74.5 Å². The topological polar surface area (TPSA) is 18.5 Å². The highest BCUT2D eigenvalue weighted by atomic mass is 16.5. The van der Waals surface area contributed by atoms with E-state index in [9.17, 15) is 0 Å². The Labute approximate surface area is 191 Å². The van der Waals surface area contributed by atoms with Crippen molar-refractivity contribution in [2.75, 3.05) is 14.2 Å². The van der Waals surface area contributed by atoms with Gasteiger partial charge in [-0.2, -0.15) is 0 Å². The normalized spacial score (nSPS) is 10.8. The maximum Gasteiger partial charge on any atom is 0.118 e. The highest BCUT2D eigenvalue weighted by Gasteiger charge is 2.12. The average Bonchev–Trinajstić information content (AvgIpc) is 2.88. The van der Waals surface area contributed by atoms with Crippen LogP contribution in [0, 0.1) is 0 Å². The van der Waals surface area contributed by atoms with Gasteiger partial charge in [0.25, 0.3) is 0 Å². The van der Waals surface area contributed by atoms with E-state index in [1.54, 1.807) is 14.2 Å². The molecule has 0 spiro atoms. The summed E-state index contributed by atoms with van der Waals surface area (Å²) in [6.07, 6.45) is 1.98. The van der Waals surface area contributed by atoms with Gasteiger partial charge < -0.3 is 9.47 Å². The van der Waals surface area contributed by atoms with E-state index >= 15 is 0 Å². The van der Waals surface area contributed by atoms with Crippen LogP contribution >= 0.6 is 0 Å². The van der Waals surface area contributed by atoms with Crippen molar-refractivity contribution in [1.82, 2.24) is 0 Å². The van der Waals surface area contributed by atoms with Crippen molar-refractivity contribution in [3.05, 3.63) is 96.1 Å². The summed E-state index contributed by atoms with van der Waals surface area (Å²) in [6, 6.07) is 30.2. The molecule has 4 aromatic rings. The molecule has 0 saturated heterocycles. The molecule has 4 rings (SSSR count). The first-order valence-corrected chi connectivity index (χ1v) is 11.2. The number of benzene rings is 4. The number of methoxy groups -OCH3 is 2. The van der Waals surface area contributed by atoms with Gasteiger partial charge in [0.1, 0.15) is 11.5 Å². The van der Waals surface area contributed by atoms with Crippen LogP contribution in [-0.2, 0) is 12.8 Å². The minimum Gasteiger partial charge on any atom is -0.497 e. The third-order valence-corrected chi connectivity index (χ3v) is 6.11. The van der Waals surface area contributed by atoms with Crippen LogP contribution in [0.25, 0.3) is 33.4 Å². The lowest BCUT2D eigenvalue weighted by Crippen LogP contribution is -1.95. The van der Waals surface area contributed by atoms with Crippen molar-refractivity contribution >= 4 is 0 Å². The van der Waals surface area contributed by atoms with Crippen LogP contribution in [0.3, 0.4) is 0 Å². The molecule has 0 N–H and O–H groups in total. The summed E-state index contributed by atoms with van der Waals surface area (Å²) in [4.78, 5) is 0. The molecule has 162 valence electrons. The third kappa shape index (κ3) is 4.40. The van der Waals surface area contributed by atoms with Gasteiger partial charge in [0.05, 0.1) is 14.2 Å². The minimum absolute atomic E-state index is 0.880. The fraction of sp³-hybridized carbons (Fsp3) is 0.200. The number of ether oxygens (including phenoxy) is 2. The van der Waals surface area contributed by atoms with Crippen LogP contribution in [0.5, 0.6) is 11.5 Å². The van der Waals surface area contributed by atoms with Gasteiger partial charge in [0, 0.05) is 0 Å². The Morgan fingerprint density at radius 2 is 0.812 bits per heavy atom. The molecule has 0 radical (unpaired) electrons. The second-order valence-corrected chi connectivity index (χ2v) is 7.91. The van der Waals surface area contributed by atoms with Gasteiger partial charge >= 0.3 is 0 Å². The molecule has 0 aromatic heterocycles. The highest BCUT2D eigenvalue weighted by Crippen LogP contribution is 2.34. The lowest BCUT2D eigenvalue weighted by Gasteiger charge is -2.16. The van der Waals surface area contributed by atoms with Crippen LogP contribution < -0.4 is 9.47 Å². The molecule has 0 fully saturated rings. The van der Waals surface area contributed by atoms with Crippen molar-refractivity contribution in [2.45, 2.75) is 26.7 Å². The molecular formula is C30H30O2. The molecule has 0 atom stereocenters. The third-order valence-electron chi connectivity index (χ3n) is 6.11. The van der Waals surface area contributed by atoms with Crippen LogP contribution in [0.15, 0.2) is 84.9 Å². The molecule has 0 bridgehead atoms. The van der Waals surface area contributed by atoms with E-state index in [-0.39, 0.29) is 0 Å². The zero-order valence-electron chi connectivity index (χ0n) is 19.3. The van der Waals surface area contributed by atoms with Crippen LogP contribution in [0.2, 0.25) is 0 Å². The summed E-state index contributed by atoms with van der Waals surface area (Å²) in [5.74, 6) is 1.76. The van der Waals surface area contributed by atoms with E-state index < -0.39 is 0 Å². The van der Waals surface area contributed by atoms with Crippen LogP contribution in [-0.4, -0.2) is 14.2 Å².